The molecule has 0 aliphatic carbocycles. The van der Waals surface area contributed by atoms with E-state index in [9.17, 15) is 13.5 Å². The van der Waals surface area contributed by atoms with Crippen molar-refractivity contribution in [2.45, 2.75) is 11.0 Å². The molecule has 2 N–H and O–H groups in total. The summed E-state index contributed by atoms with van der Waals surface area (Å²) in [5, 5.41) is 10.7. The Balaban J connectivity index is 2.09. The van der Waals surface area contributed by atoms with Crippen LogP contribution in [0.3, 0.4) is 0 Å². The Hall–Kier alpha value is -1.18. The summed E-state index contributed by atoms with van der Waals surface area (Å²) in [6, 6.07) is 7.53. The SMILES string of the molecule is O=S(=O)(NCC(O)c1ccc(Cl)cc1Cl)c1cccnc1. The van der Waals surface area contributed by atoms with Gasteiger partial charge < -0.3 is 5.11 Å². The highest BCUT2D eigenvalue weighted by Gasteiger charge is 2.18. The predicted molar refractivity (Wildman–Crippen MR) is 80.8 cm³/mol. The number of rotatable bonds is 5. The van der Waals surface area contributed by atoms with Gasteiger partial charge in [0.05, 0.1) is 6.10 Å². The molecule has 0 aliphatic rings. The van der Waals surface area contributed by atoms with Gasteiger partial charge in [-0.05, 0) is 24.3 Å². The average molecular weight is 347 g/mol. The van der Waals surface area contributed by atoms with Crippen molar-refractivity contribution in [3.8, 4) is 0 Å². The number of aliphatic hydroxyl groups is 1. The number of halogens is 2. The molecule has 2 aromatic rings. The molecule has 0 saturated carbocycles. The van der Waals surface area contributed by atoms with Crippen molar-refractivity contribution in [3.63, 3.8) is 0 Å². The van der Waals surface area contributed by atoms with E-state index < -0.39 is 16.1 Å². The number of hydrogen-bond acceptors (Lipinski definition) is 4. The van der Waals surface area contributed by atoms with Crippen molar-refractivity contribution in [1.29, 1.82) is 0 Å². The minimum atomic E-state index is -3.73. The van der Waals surface area contributed by atoms with Crippen LogP contribution < -0.4 is 4.72 Å². The summed E-state index contributed by atoms with van der Waals surface area (Å²) in [5.41, 5.74) is 0.398. The largest absolute Gasteiger partial charge is 0.387 e. The standard InChI is InChI=1S/C13H12Cl2N2O3S/c14-9-3-4-11(12(15)6-9)13(18)8-17-21(19,20)10-2-1-5-16-7-10/h1-7,13,17-18H,8H2. The van der Waals surface area contributed by atoms with E-state index >= 15 is 0 Å². The van der Waals surface area contributed by atoms with E-state index in [-0.39, 0.29) is 16.5 Å². The summed E-state index contributed by atoms with van der Waals surface area (Å²) >= 11 is 11.7. The predicted octanol–water partition coefficient (Wildman–Crippen LogP) is 2.40. The molecular formula is C13H12Cl2N2O3S. The van der Waals surface area contributed by atoms with E-state index in [0.717, 1.165) is 0 Å². The maximum Gasteiger partial charge on any atom is 0.242 e. The Labute approximate surface area is 132 Å². The first-order valence-corrected chi connectivity index (χ1v) is 8.17. The van der Waals surface area contributed by atoms with Crippen molar-refractivity contribution >= 4 is 33.2 Å². The quantitative estimate of drug-likeness (QED) is 0.871. The smallest absolute Gasteiger partial charge is 0.242 e. The Morgan fingerprint density at radius 1 is 1.29 bits per heavy atom. The van der Waals surface area contributed by atoms with Crippen LogP contribution in [0.5, 0.6) is 0 Å². The molecule has 1 aromatic carbocycles. The maximum atomic E-state index is 12.0. The second-order valence-corrected chi connectivity index (χ2v) is 6.83. The first-order chi connectivity index (χ1) is 9.90. The number of nitrogens with zero attached hydrogens (tertiary/aromatic N) is 1. The zero-order valence-corrected chi connectivity index (χ0v) is 13.0. The Kier molecular flexibility index (Phi) is 5.18. The topological polar surface area (TPSA) is 79.3 Å². The fraction of sp³-hybridized carbons (Fsp3) is 0.154. The van der Waals surface area contributed by atoms with E-state index in [0.29, 0.717) is 10.6 Å². The zero-order valence-electron chi connectivity index (χ0n) is 10.7. The third kappa shape index (κ3) is 4.15. The van der Waals surface area contributed by atoms with Crippen LogP contribution in [0.1, 0.15) is 11.7 Å². The minimum absolute atomic E-state index is 0.0272. The van der Waals surface area contributed by atoms with Crippen LogP contribution in [-0.2, 0) is 10.0 Å². The molecule has 0 saturated heterocycles. The molecule has 2 rings (SSSR count). The van der Waals surface area contributed by atoms with Crippen molar-refractivity contribution in [2.24, 2.45) is 0 Å². The second kappa shape index (κ2) is 6.72. The number of sulfonamides is 1. The van der Waals surface area contributed by atoms with Gasteiger partial charge in [0.15, 0.2) is 0 Å². The highest BCUT2D eigenvalue weighted by Crippen LogP contribution is 2.26. The molecule has 0 spiro atoms. The molecule has 21 heavy (non-hydrogen) atoms. The maximum absolute atomic E-state index is 12.0. The number of pyridine rings is 1. The van der Waals surface area contributed by atoms with Gasteiger partial charge in [-0.1, -0.05) is 29.3 Å². The molecule has 1 aromatic heterocycles. The van der Waals surface area contributed by atoms with Gasteiger partial charge in [-0.3, -0.25) is 4.98 Å². The lowest BCUT2D eigenvalue weighted by molar-refractivity contribution is 0.182. The lowest BCUT2D eigenvalue weighted by Gasteiger charge is -2.14. The van der Waals surface area contributed by atoms with E-state index in [1.807, 2.05) is 0 Å². The summed E-state index contributed by atoms with van der Waals surface area (Å²) in [4.78, 5) is 3.77. The summed E-state index contributed by atoms with van der Waals surface area (Å²) in [6.45, 7) is -0.210. The first-order valence-electron chi connectivity index (χ1n) is 5.93. The summed E-state index contributed by atoms with van der Waals surface area (Å²) in [5.74, 6) is 0. The van der Waals surface area contributed by atoms with Gasteiger partial charge in [-0.2, -0.15) is 0 Å². The number of aliphatic hydroxyl groups excluding tert-OH is 1. The Morgan fingerprint density at radius 3 is 2.67 bits per heavy atom. The van der Waals surface area contributed by atoms with Gasteiger partial charge in [0, 0.05) is 34.5 Å². The van der Waals surface area contributed by atoms with E-state index in [4.69, 9.17) is 23.2 Å². The van der Waals surface area contributed by atoms with Crippen LogP contribution in [0.4, 0.5) is 0 Å². The highest BCUT2D eigenvalue weighted by molar-refractivity contribution is 7.89. The molecule has 1 atom stereocenters. The van der Waals surface area contributed by atoms with Gasteiger partial charge >= 0.3 is 0 Å². The second-order valence-electron chi connectivity index (χ2n) is 4.22. The van der Waals surface area contributed by atoms with Crippen LogP contribution in [0.15, 0.2) is 47.6 Å². The van der Waals surface area contributed by atoms with Crippen molar-refractivity contribution in [2.75, 3.05) is 6.54 Å². The van der Waals surface area contributed by atoms with E-state index in [1.54, 1.807) is 12.1 Å². The monoisotopic (exact) mass is 346 g/mol. The molecule has 0 amide bonds. The molecule has 1 unspecified atom stereocenters. The third-order valence-electron chi connectivity index (χ3n) is 2.73. The summed E-state index contributed by atoms with van der Waals surface area (Å²) in [7, 11) is -3.73. The number of nitrogens with one attached hydrogen (secondary N) is 1. The summed E-state index contributed by atoms with van der Waals surface area (Å²) < 4.78 is 26.3. The fourth-order valence-electron chi connectivity index (χ4n) is 1.66. The molecular weight excluding hydrogens is 335 g/mol. The highest BCUT2D eigenvalue weighted by atomic mass is 35.5. The number of hydrogen-bond donors (Lipinski definition) is 2. The molecule has 0 fully saturated rings. The van der Waals surface area contributed by atoms with Crippen LogP contribution >= 0.6 is 23.2 Å². The molecule has 1 heterocycles. The first kappa shape index (κ1) is 16.2. The minimum Gasteiger partial charge on any atom is -0.387 e. The van der Waals surface area contributed by atoms with E-state index in [2.05, 4.69) is 9.71 Å². The molecule has 0 aliphatic heterocycles. The lowest BCUT2D eigenvalue weighted by Crippen LogP contribution is -2.28. The molecule has 0 radical (unpaired) electrons. The van der Waals surface area contributed by atoms with Gasteiger partial charge in [-0.15, -0.1) is 0 Å². The van der Waals surface area contributed by atoms with Crippen LogP contribution in [-0.4, -0.2) is 25.1 Å². The average Bonchev–Trinajstić information content (AvgIpc) is 2.46. The third-order valence-corrected chi connectivity index (χ3v) is 4.70. The molecule has 0 bridgehead atoms. The normalized spacial score (nSPS) is 13.1. The van der Waals surface area contributed by atoms with Crippen LogP contribution in [0, 0.1) is 0 Å². The Morgan fingerprint density at radius 2 is 2.05 bits per heavy atom. The van der Waals surface area contributed by atoms with Crippen molar-refractivity contribution in [3.05, 3.63) is 58.3 Å². The van der Waals surface area contributed by atoms with E-state index in [1.165, 1.54) is 30.6 Å². The van der Waals surface area contributed by atoms with Gasteiger partial charge in [0.25, 0.3) is 0 Å². The fourth-order valence-corrected chi connectivity index (χ4v) is 3.20. The van der Waals surface area contributed by atoms with Gasteiger partial charge in [0.1, 0.15) is 4.90 Å². The van der Waals surface area contributed by atoms with Crippen molar-refractivity contribution < 1.29 is 13.5 Å². The number of benzene rings is 1. The van der Waals surface area contributed by atoms with Crippen molar-refractivity contribution in [1.82, 2.24) is 9.71 Å². The van der Waals surface area contributed by atoms with Gasteiger partial charge in [0.2, 0.25) is 10.0 Å². The zero-order chi connectivity index (χ0) is 15.5. The lowest BCUT2D eigenvalue weighted by atomic mass is 10.1. The summed E-state index contributed by atoms with van der Waals surface area (Å²) in [6.07, 6.45) is 1.62. The van der Waals surface area contributed by atoms with Crippen LogP contribution in [0.25, 0.3) is 0 Å². The van der Waals surface area contributed by atoms with Crippen LogP contribution in [0.2, 0.25) is 10.0 Å². The van der Waals surface area contributed by atoms with Gasteiger partial charge in [-0.25, -0.2) is 13.1 Å². The Bertz CT molecular complexity index is 723. The number of aromatic nitrogens is 1. The molecule has 8 heteroatoms. The molecule has 112 valence electrons. The molecule has 5 nitrogen and oxygen atoms in total.